The average Bonchev–Trinajstić information content (AvgIpc) is 3.04. The Balaban J connectivity index is 1.68. The van der Waals surface area contributed by atoms with Crippen molar-refractivity contribution < 1.29 is 0 Å². The third kappa shape index (κ3) is 3.92. The standard InChI is InChI=1S/C17H15N5S/c1-2-12-5-3-6-13(9-12)10-14(18)15-11-23-17(21-15)22-16-19-7-4-8-20-16/h1,3-9,11,14H,10,18H2,(H,19,20,21,22). The van der Waals surface area contributed by atoms with Gasteiger partial charge in [-0.3, -0.25) is 0 Å². The number of rotatable bonds is 5. The molecular weight excluding hydrogens is 306 g/mol. The van der Waals surface area contributed by atoms with Gasteiger partial charge in [0.2, 0.25) is 5.95 Å². The number of anilines is 2. The van der Waals surface area contributed by atoms with E-state index in [-0.39, 0.29) is 6.04 Å². The van der Waals surface area contributed by atoms with Crippen molar-refractivity contribution in [3.05, 3.63) is 64.9 Å². The lowest BCUT2D eigenvalue weighted by Crippen LogP contribution is -2.14. The van der Waals surface area contributed by atoms with E-state index >= 15 is 0 Å². The second-order valence-electron chi connectivity index (χ2n) is 4.93. The molecule has 0 saturated carbocycles. The molecule has 2 heterocycles. The summed E-state index contributed by atoms with van der Waals surface area (Å²) in [5, 5.41) is 5.73. The number of thiazole rings is 1. The Morgan fingerprint density at radius 1 is 1.26 bits per heavy atom. The second kappa shape index (κ2) is 7.01. The quantitative estimate of drug-likeness (QED) is 0.707. The minimum absolute atomic E-state index is 0.188. The Bertz CT molecular complexity index is 822. The number of nitrogens with one attached hydrogen (secondary N) is 1. The summed E-state index contributed by atoms with van der Waals surface area (Å²) in [6.45, 7) is 0. The Morgan fingerprint density at radius 3 is 2.87 bits per heavy atom. The van der Waals surface area contributed by atoms with Crippen LogP contribution in [-0.4, -0.2) is 15.0 Å². The third-order valence-corrected chi connectivity index (χ3v) is 4.01. The van der Waals surface area contributed by atoms with Crippen LogP contribution < -0.4 is 11.1 Å². The number of aromatic nitrogens is 3. The van der Waals surface area contributed by atoms with Gasteiger partial charge in [0.1, 0.15) is 0 Å². The van der Waals surface area contributed by atoms with Gasteiger partial charge in [0, 0.05) is 23.3 Å². The van der Waals surface area contributed by atoms with Crippen molar-refractivity contribution in [2.24, 2.45) is 5.73 Å². The Morgan fingerprint density at radius 2 is 2.09 bits per heavy atom. The summed E-state index contributed by atoms with van der Waals surface area (Å²) in [5.41, 5.74) is 9.05. The predicted molar refractivity (Wildman–Crippen MR) is 92.4 cm³/mol. The van der Waals surface area contributed by atoms with E-state index in [0.717, 1.165) is 22.0 Å². The highest BCUT2D eigenvalue weighted by molar-refractivity contribution is 7.13. The maximum atomic E-state index is 6.26. The van der Waals surface area contributed by atoms with Crippen LogP contribution in [-0.2, 0) is 6.42 Å². The van der Waals surface area contributed by atoms with Gasteiger partial charge in [-0.25, -0.2) is 15.0 Å². The van der Waals surface area contributed by atoms with Crippen LogP contribution in [0.15, 0.2) is 48.1 Å². The lowest BCUT2D eigenvalue weighted by atomic mass is 10.0. The van der Waals surface area contributed by atoms with E-state index < -0.39 is 0 Å². The summed E-state index contributed by atoms with van der Waals surface area (Å²) >= 11 is 1.48. The minimum Gasteiger partial charge on any atom is -0.322 e. The summed E-state index contributed by atoms with van der Waals surface area (Å²) in [5.74, 6) is 3.15. The van der Waals surface area contributed by atoms with Crippen LogP contribution in [0.1, 0.15) is 22.9 Å². The molecule has 6 heteroatoms. The Kier molecular flexibility index (Phi) is 4.62. The average molecular weight is 321 g/mol. The molecule has 0 amide bonds. The van der Waals surface area contributed by atoms with Gasteiger partial charge < -0.3 is 11.1 Å². The monoisotopic (exact) mass is 321 g/mol. The van der Waals surface area contributed by atoms with E-state index in [1.54, 1.807) is 18.5 Å². The molecule has 1 atom stereocenters. The summed E-state index contributed by atoms with van der Waals surface area (Å²) in [6.07, 6.45) is 9.46. The number of hydrogen-bond donors (Lipinski definition) is 2. The maximum absolute atomic E-state index is 6.26. The second-order valence-corrected chi connectivity index (χ2v) is 5.79. The van der Waals surface area contributed by atoms with E-state index in [1.165, 1.54) is 11.3 Å². The van der Waals surface area contributed by atoms with Gasteiger partial charge in [-0.15, -0.1) is 17.8 Å². The van der Waals surface area contributed by atoms with Crippen LogP contribution in [0, 0.1) is 12.3 Å². The molecule has 3 rings (SSSR count). The van der Waals surface area contributed by atoms with Gasteiger partial charge in [0.25, 0.3) is 0 Å². The number of benzene rings is 1. The van der Waals surface area contributed by atoms with Crippen LogP contribution in [0.3, 0.4) is 0 Å². The summed E-state index contributed by atoms with van der Waals surface area (Å²) in [4.78, 5) is 12.7. The van der Waals surface area contributed by atoms with Crippen molar-refractivity contribution in [3.8, 4) is 12.3 Å². The molecule has 3 N–H and O–H groups in total. The van der Waals surface area contributed by atoms with Crippen LogP contribution >= 0.6 is 11.3 Å². The highest BCUT2D eigenvalue weighted by Gasteiger charge is 2.12. The van der Waals surface area contributed by atoms with Crippen molar-refractivity contribution in [3.63, 3.8) is 0 Å². The van der Waals surface area contributed by atoms with Gasteiger partial charge in [0.05, 0.1) is 11.7 Å². The SMILES string of the molecule is C#Cc1cccc(CC(N)c2csc(Nc3ncccn3)n2)c1. The zero-order valence-electron chi connectivity index (χ0n) is 12.3. The van der Waals surface area contributed by atoms with Gasteiger partial charge in [-0.05, 0) is 30.2 Å². The topological polar surface area (TPSA) is 76.7 Å². The van der Waals surface area contributed by atoms with E-state index in [2.05, 4.69) is 26.2 Å². The van der Waals surface area contributed by atoms with E-state index in [1.807, 2.05) is 29.6 Å². The zero-order chi connectivity index (χ0) is 16.1. The van der Waals surface area contributed by atoms with Crippen molar-refractivity contribution in [2.45, 2.75) is 12.5 Å². The maximum Gasteiger partial charge on any atom is 0.228 e. The smallest absolute Gasteiger partial charge is 0.228 e. The lowest BCUT2D eigenvalue weighted by Gasteiger charge is -2.09. The van der Waals surface area contributed by atoms with Crippen LogP contribution in [0.25, 0.3) is 0 Å². The van der Waals surface area contributed by atoms with Crippen LogP contribution in [0.5, 0.6) is 0 Å². The number of nitrogens with two attached hydrogens (primary N) is 1. The van der Waals surface area contributed by atoms with Gasteiger partial charge in [-0.1, -0.05) is 18.1 Å². The predicted octanol–water partition coefficient (Wildman–Crippen LogP) is 2.90. The van der Waals surface area contributed by atoms with Gasteiger partial charge in [-0.2, -0.15) is 0 Å². The fourth-order valence-electron chi connectivity index (χ4n) is 2.12. The highest BCUT2D eigenvalue weighted by atomic mass is 32.1. The van der Waals surface area contributed by atoms with Crippen molar-refractivity contribution in [1.82, 2.24) is 15.0 Å². The number of hydrogen-bond acceptors (Lipinski definition) is 6. The van der Waals surface area contributed by atoms with Crippen molar-refractivity contribution >= 4 is 22.4 Å². The number of terminal acetylenes is 1. The van der Waals surface area contributed by atoms with E-state index in [9.17, 15) is 0 Å². The lowest BCUT2D eigenvalue weighted by molar-refractivity contribution is 0.702. The highest BCUT2D eigenvalue weighted by Crippen LogP contribution is 2.23. The van der Waals surface area contributed by atoms with Crippen LogP contribution in [0.4, 0.5) is 11.1 Å². The first-order valence-corrected chi connectivity index (χ1v) is 7.93. The molecule has 2 aromatic heterocycles. The van der Waals surface area contributed by atoms with E-state index in [4.69, 9.17) is 12.2 Å². The molecule has 0 spiro atoms. The molecule has 0 radical (unpaired) electrons. The summed E-state index contributed by atoms with van der Waals surface area (Å²) in [6, 6.07) is 9.41. The van der Waals surface area contributed by atoms with Gasteiger partial charge >= 0.3 is 0 Å². The van der Waals surface area contributed by atoms with Crippen molar-refractivity contribution in [1.29, 1.82) is 0 Å². The third-order valence-electron chi connectivity index (χ3n) is 3.24. The van der Waals surface area contributed by atoms with Gasteiger partial charge in [0.15, 0.2) is 5.13 Å². The Hall–Kier alpha value is -2.75. The van der Waals surface area contributed by atoms with E-state index in [0.29, 0.717) is 12.4 Å². The normalized spacial score (nSPS) is 11.7. The first-order chi connectivity index (χ1) is 11.2. The molecule has 1 unspecified atom stereocenters. The molecule has 23 heavy (non-hydrogen) atoms. The fourth-order valence-corrected chi connectivity index (χ4v) is 2.89. The first-order valence-electron chi connectivity index (χ1n) is 7.05. The molecular formula is C17H15N5S. The molecule has 0 saturated heterocycles. The fraction of sp³-hybridized carbons (Fsp3) is 0.118. The molecule has 5 nitrogen and oxygen atoms in total. The van der Waals surface area contributed by atoms with Crippen LogP contribution in [0.2, 0.25) is 0 Å². The zero-order valence-corrected chi connectivity index (χ0v) is 13.1. The molecule has 3 aromatic rings. The molecule has 1 aromatic carbocycles. The largest absolute Gasteiger partial charge is 0.322 e. The molecule has 114 valence electrons. The molecule has 0 fully saturated rings. The minimum atomic E-state index is -0.188. The summed E-state index contributed by atoms with van der Waals surface area (Å²) < 4.78 is 0. The summed E-state index contributed by atoms with van der Waals surface area (Å²) in [7, 11) is 0. The molecule has 0 aliphatic rings. The molecule has 0 aliphatic carbocycles. The first kappa shape index (κ1) is 15.2. The Labute approximate surface area is 138 Å². The molecule has 0 bridgehead atoms. The molecule has 0 aliphatic heterocycles. The van der Waals surface area contributed by atoms with Crippen molar-refractivity contribution in [2.75, 3.05) is 5.32 Å². The number of nitrogens with zero attached hydrogens (tertiary/aromatic N) is 3.